The molecular weight excluding hydrogens is 278 g/mol. The number of aryl methyl sites for hydroxylation is 2. The quantitative estimate of drug-likeness (QED) is 0.840. The SMILES string of the molecule is Cc1n[nH]c(C)c1S(=O)(=O)N1CCCC1C(=O)Cl. The lowest BCUT2D eigenvalue weighted by atomic mass is 10.2. The Bertz CT molecular complexity index is 562. The molecule has 6 nitrogen and oxygen atoms in total. The van der Waals surface area contributed by atoms with Gasteiger partial charge in [-0.15, -0.1) is 0 Å². The highest BCUT2D eigenvalue weighted by atomic mass is 35.5. The second-order valence-electron chi connectivity index (χ2n) is 4.34. The van der Waals surface area contributed by atoms with Crippen molar-refractivity contribution in [1.82, 2.24) is 14.5 Å². The van der Waals surface area contributed by atoms with Crippen LogP contribution >= 0.6 is 11.6 Å². The van der Waals surface area contributed by atoms with E-state index in [4.69, 9.17) is 11.6 Å². The van der Waals surface area contributed by atoms with Gasteiger partial charge in [-0.3, -0.25) is 9.89 Å². The van der Waals surface area contributed by atoms with Crippen molar-refractivity contribution in [3.63, 3.8) is 0 Å². The maximum Gasteiger partial charge on any atom is 0.247 e. The maximum atomic E-state index is 12.5. The largest absolute Gasteiger partial charge is 0.281 e. The molecule has 0 radical (unpaired) electrons. The smallest absolute Gasteiger partial charge is 0.247 e. The third-order valence-corrected chi connectivity index (χ3v) is 5.52. The Kier molecular flexibility index (Phi) is 3.48. The monoisotopic (exact) mass is 291 g/mol. The van der Waals surface area contributed by atoms with Crippen LogP contribution < -0.4 is 0 Å². The summed E-state index contributed by atoms with van der Waals surface area (Å²) in [6.45, 7) is 3.57. The summed E-state index contributed by atoms with van der Waals surface area (Å²) in [7, 11) is -3.72. The third-order valence-electron chi connectivity index (χ3n) is 3.09. The number of H-pyrrole nitrogens is 1. The molecule has 100 valence electrons. The number of nitrogens with one attached hydrogen (secondary N) is 1. The zero-order valence-electron chi connectivity index (χ0n) is 10.1. The molecule has 1 fully saturated rings. The summed E-state index contributed by atoms with van der Waals surface area (Å²) in [4.78, 5) is 11.4. The van der Waals surface area contributed by atoms with Gasteiger partial charge >= 0.3 is 0 Å². The Morgan fingerprint density at radius 1 is 1.50 bits per heavy atom. The number of aromatic nitrogens is 2. The first-order valence-electron chi connectivity index (χ1n) is 5.58. The van der Waals surface area contributed by atoms with E-state index in [-0.39, 0.29) is 4.90 Å². The highest BCUT2D eigenvalue weighted by Crippen LogP contribution is 2.29. The topological polar surface area (TPSA) is 83.1 Å². The molecule has 0 spiro atoms. The van der Waals surface area contributed by atoms with Crippen LogP contribution in [0.15, 0.2) is 4.90 Å². The fourth-order valence-corrected chi connectivity index (χ4v) is 4.57. The lowest BCUT2D eigenvalue weighted by molar-refractivity contribution is -0.114. The molecule has 2 heterocycles. The average molecular weight is 292 g/mol. The molecule has 1 atom stereocenters. The summed E-state index contributed by atoms with van der Waals surface area (Å²) in [6, 6.07) is -0.759. The Morgan fingerprint density at radius 2 is 2.17 bits per heavy atom. The van der Waals surface area contributed by atoms with Crippen LogP contribution in [0.4, 0.5) is 0 Å². The molecule has 18 heavy (non-hydrogen) atoms. The van der Waals surface area contributed by atoms with Gasteiger partial charge in [0.25, 0.3) is 0 Å². The predicted octanol–water partition coefficient (Wildman–Crippen LogP) is 0.945. The van der Waals surface area contributed by atoms with Crippen molar-refractivity contribution in [3.05, 3.63) is 11.4 Å². The zero-order valence-corrected chi connectivity index (χ0v) is 11.7. The van der Waals surface area contributed by atoms with Crippen LogP contribution in [0, 0.1) is 13.8 Å². The molecule has 1 N–H and O–H groups in total. The summed E-state index contributed by atoms with van der Waals surface area (Å²) in [6.07, 6.45) is 1.11. The van der Waals surface area contributed by atoms with Crippen LogP contribution in [-0.2, 0) is 14.8 Å². The van der Waals surface area contributed by atoms with Crippen LogP contribution in [-0.4, -0.2) is 40.7 Å². The average Bonchev–Trinajstić information content (AvgIpc) is 2.85. The molecular formula is C10H14ClN3O3S. The van der Waals surface area contributed by atoms with E-state index in [1.807, 2.05) is 0 Å². The van der Waals surface area contributed by atoms with E-state index in [9.17, 15) is 13.2 Å². The van der Waals surface area contributed by atoms with E-state index in [1.54, 1.807) is 13.8 Å². The van der Waals surface area contributed by atoms with Crippen molar-refractivity contribution >= 4 is 26.9 Å². The molecule has 1 saturated heterocycles. The predicted molar refractivity (Wildman–Crippen MR) is 65.8 cm³/mol. The number of carbonyl (C=O) groups excluding carboxylic acids is 1. The number of halogens is 1. The van der Waals surface area contributed by atoms with E-state index in [0.717, 1.165) is 0 Å². The molecule has 2 rings (SSSR count). The molecule has 1 aliphatic heterocycles. The fraction of sp³-hybridized carbons (Fsp3) is 0.600. The van der Waals surface area contributed by atoms with Gasteiger partial charge in [-0.05, 0) is 38.3 Å². The van der Waals surface area contributed by atoms with E-state index in [0.29, 0.717) is 30.8 Å². The summed E-state index contributed by atoms with van der Waals surface area (Å²) in [5, 5.41) is 5.88. The summed E-state index contributed by atoms with van der Waals surface area (Å²) in [5.74, 6) is 0. The van der Waals surface area contributed by atoms with E-state index in [2.05, 4.69) is 10.2 Å². The van der Waals surface area contributed by atoms with Crippen LogP contribution in [0.25, 0.3) is 0 Å². The molecule has 0 aliphatic carbocycles. The Balaban J connectivity index is 2.46. The minimum absolute atomic E-state index is 0.146. The van der Waals surface area contributed by atoms with Gasteiger partial charge in [0, 0.05) is 6.54 Å². The number of hydrogen-bond acceptors (Lipinski definition) is 4. The number of carbonyl (C=O) groups is 1. The second-order valence-corrected chi connectivity index (χ2v) is 6.54. The van der Waals surface area contributed by atoms with Crippen LogP contribution in [0.3, 0.4) is 0 Å². The molecule has 1 aliphatic rings. The van der Waals surface area contributed by atoms with E-state index >= 15 is 0 Å². The van der Waals surface area contributed by atoms with Gasteiger partial charge in [-0.25, -0.2) is 8.42 Å². The van der Waals surface area contributed by atoms with Gasteiger partial charge in [-0.2, -0.15) is 9.40 Å². The van der Waals surface area contributed by atoms with Crippen molar-refractivity contribution in [2.45, 2.75) is 37.6 Å². The number of nitrogens with zero attached hydrogens (tertiary/aromatic N) is 2. The summed E-state index contributed by atoms with van der Waals surface area (Å²) < 4.78 is 26.2. The fourth-order valence-electron chi connectivity index (χ4n) is 2.29. The zero-order chi connectivity index (χ0) is 13.5. The van der Waals surface area contributed by atoms with Gasteiger partial charge in [0.2, 0.25) is 15.3 Å². The normalized spacial score (nSPS) is 21.4. The van der Waals surface area contributed by atoms with Gasteiger partial charge < -0.3 is 0 Å². The van der Waals surface area contributed by atoms with Crippen LogP contribution in [0.5, 0.6) is 0 Å². The second kappa shape index (κ2) is 4.64. The molecule has 1 aromatic rings. The molecule has 0 amide bonds. The van der Waals surface area contributed by atoms with Gasteiger partial charge in [0.05, 0.1) is 17.4 Å². The van der Waals surface area contributed by atoms with Crippen LogP contribution in [0.1, 0.15) is 24.2 Å². The first-order chi connectivity index (χ1) is 8.35. The highest BCUT2D eigenvalue weighted by Gasteiger charge is 2.40. The molecule has 0 aromatic carbocycles. The van der Waals surface area contributed by atoms with Crippen molar-refractivity contribution in [2.24, 2.45) is 0 Å². The van der Waals surface area contributed by atoms with Crippen molar-refractivity contribution in [3.8, 4) is 0 Å². The minimum atomic E-state index is -3.72. The standard InChI is InChI=1S/C10H14ClN3O3S/c1-6-9(7(2)13-12-6)18(16,17)14-5-3-4-8(14)10(11)15/h8H,3-5H2,1-2H3,(H,12,13). The van der Waals surface area contributed by atoms with E-state index < -0.39 is 21.3 Å². The molecule has 0 bridgehead atoms. The van der Waals surface area contributed by atoms with Crippen molar-refractivity contribution in [1.29, 1.82) is 0 Å². The lowest BCUT2D eigenvalue weighted by Gasteiger charge is -2.21. The van der Waals surface area contributed by atoms with Gasteiger partial charge in [0.15, 0.2) is 0 Å². The number of aromatic amines is 1. The molecule has 0 saturated carbocycles. The lowest BCUT2D eigenvalue weighted by Crippen LogP contribution is -2.39. The third kappa shape index (κ3) is 2.06. The van der Waals surface area contributed by atoms with Crippen LogP contribution in [0.2, 0.25) is 0 Å². The molecule has 1 unspecified atom stereocenters. The van der Waals surface area contributed by atoms with E-state index in [1.165, 1.54) is 4.31 Å². The number of rotatable bonds is 3. The Hall–Kier alpha value is -0.920. The van der Waals surface area contributed by atoms with Gasteiger partial charge in [-0.1, -0.05) is 0 Å². The van der Waals surface area contributed by atoms with Crippen molar-refractivity contribution in [2.75, 3.05) is 6.54 Å². The number of hydrogen-bond donors (Lipinski definition) is 1. The first kappa shape index (κ1) is 13.5. The summed E-state index contributed by atoms with van der Waals surface area (Å²) in [5.41, 5.74) is 0.875. The highest BCUT2D eigenvalue weighted by molar-refractivity contribution is 7.89. The van der Waals surface area contributed by atoms with Crippen molar-refractivity contribution < 1.29 is 13.2 Å². The van der Waals surface area contributed by atoms with Gasteiger partial charge in [0.1, 0.15) is 4.90 Å². The first-order valence-corrected chi connectivity index (χ1v) is 7.40. The maximum absolute atomic E-state index is 12.5. The Morgan fingerprint density at radius 3 is 2.67 bits per heavy atom. The Labute approximate surface area is 110 Å². The number of sulfonamides is 1. The minimum Gasteiger partial charge on any atom is -0.281 e. The summed E-state index contributed by atoms with van der Waals surface area (Å²) >= 11 is 5.46. The molecule has 1 aromatic heterocycles. The molecule has 8 heteroatoms.